The van der Waals surface area contributed by atoms with Gasteiger partial charge < -0.3 is 14.9 Å². The summed E-state index contributed by atoms with van der Waals surface area (Å²) in [5.41, 5.74) is 4.38. The second-order valence-electron chi connectivity index (χ2n) is 9.57. The zero-order chi connectivity index (χ0) is 25.7. The Bertz CT molecular complexity index is 1300. The molecule has 0 amide bonds. The van der Waals surface area contributed by atoms with Crippen molar-refractivity contribution in [2.24, 2.45) is 5.92 Å². The summed E-state index contributed by atoms with van der Waals surface area (Å²) in [6, 6.07) is 11.8. The average Bonchev–Trinajstić information content (AvgIpc) is 3.44. The Morgan fingerprint density at radius 1 is 1.19 bits per heavy atom. The van der Waals surface area contributed by atoms with Crippen LogP contribution in [0, 0.1) is 17.8 Å². The van der Waals surface area contributed by atoms with Gasteiger partial charge in [-0.05, 0) is 36.1 Å². The highest BCUT2D eigenvalue weighted by molar-refractivity contribution is 5.83. The number of hydrogen-bond acceptors (Lipinski definition) is 5. The molecule has 1 aliphatic heterocycles. The summed E-state index contributed by atoms with van der Waals surface area (Å²) >= 11 is 0. The van der Waals surface area contributed by atoms with Gasteiger partial charge in [0.2, 0.25) is 0 Å². The van der Waals surface area contributed by atoms with Crippen molar-refractivity contribution in [3.8, 4) is 17.6 Å². The number of nitrogens with zero attached hydrogens (tertiary/aromatic N) is 4. The molecule has 0 spiro atoms. The van der Waals surface area contributed by atoms with Gasteiger partial charge in [-0.3, -0.25) is 9.48 Å². The van der Waals surface area contributed by atoms with Crippen LogP contribution in [0.3, 0.4) is 0 Å². The molecule has 1 N–H and O–H groups in total. The number of carboxylic acid groups (broad SMARTS) is 1. The molecule has 1 aliphatic rings. The number of rotatable bonds is 10. The first-order chi connectivity index (χ1) is 17.4. The number of hydrazine groups is 1. The third-order valence-corrected chi connectivity index (χ3v) is 6.34. The standard InChI is InChI=1S/C29H34N4O3/c1-5-7-23(16-28(34)35)22-10-12-26(13-11-22)36-20-25-9-8-24-17-30-33(18-21(2)3)29(24)27(25)19-32-15-6-14-31(32)4/h6,8-14,17,21,23H,15-16,18-20H2,1-4H3,(H,34,35)/t23-/m0/s1. The van der Waals surface area contributed by atoms with E-state index in [9.17, 15) is 9.90 Å². The number of carboxylic acids is 1. The van der Waals surface area contributed by atoms with E-state index in [1.54, 1.807) is 6.92 Å². The van der Waals surface area contributed by atoms with Crippen molar-refractivity contribution in [2.45, 2.75) is 52.8 Å². The van der Waals surface area contributed by atoms with Gasteiger partial charge in [-0.15, -0.1) is 5.92 Å². The summed E-state index contributed by atoms with van der Waals surface area (Å²) in [5.74, 6) is 5.86. The van der Waals surface area contributed by atoms with Gasteiger partial charge in [0.1, 0.15) is 12.4 Å². The molecule has 4 rings (SSSR count). The average molecular weight is 487 g/mol. The van der Waals surface area contributed by atoms with Gasteiger partial charge in [-0.25, -0.2) is 5.01 Å². The summed E-state index contributed by atoms with van der Waals surface area (Å²) in [5, 5.41) is 19.4. The Morgan fingerprint density at radius 3 is 2.61 bits per heavy atom. The molecule has 0 radical (unpaired) electrons. The van der Waals surface area contributed by atoms with Crippen LogP contribution >= 0.6 is 0 Å². The van der Waals surface area contributed by atoms with Crippen LogP contribution in [0.25, 0.3) is 10.9 Å². The zero-order valence-corrected chi connectivity index (χ0v) is 21.4. The van der Waals surface area contributed by atoms with E-state index >= 15 is 0 Å². The third kappa shape index (κ3) is 5.89. The molecule has 0 saturated carbocycles. The monoisotopic (exact) mass is 486 g/mol. The van der Waals surface area contributed by atoms with Gasteiger partial charge in [0, 0.05) is 43.8 Å². The summed E-state index contributed by atoms with van der Waals surface area (Å²) in [4.78, 5) is 11.2. The molecule has 0 unspecified atom stereocenters. The molecule has 1 atom stereocenters. The molecule has 7 nitrogen and oxygen atoms in total. The number of hydrogen-bond donors (Lipinski definition) is 1. The molecule has 2 heterocycles. The van der Waals surface area contributed by atoms with Gasteiger partial charge in [0.05, 0.1) is 24.1 Å². The molecule has 36 heavy (non-hydrogen) atoms. The predicted molar refractivity (Wildman–Crippen MR) is 141 cm³/mol. The van der Waals surface area contributed by atoms with E-state index in [1.807, 2.05) is 30.5 Å². The molecule has 3 aromatic rings. The van der Waals surface area contributed by atoms with Gasteiger partial charge in [0.25, 0.3) is 0 Å². The number of benzene rings is 2. The van der Waals surface area contributed by atoms with Crippen LogP contribution < -0.4 is 4.74 Å². The van der Waals surface area contributed by atoms with E-state index in [1.165, 1.54) is 5.56 Å². The van der Waals surface area contributed by atoms with E-state index < -0.39 is 5.97 Å². The molecule has 0 bridgehead atoms. The fourth-order valence-electron chi connectivity index (χ4n) is 4.55. The maximum atomic E-state index is 11.2. The molecular weight excluding hydrogens is 452 g/mol. The lowest BCUT2D eigenvalue weighted by atomic mass is 9.96. The Kier molecular flexibility index (Phi) is 7.97. The second kappa shape index (κ2) is 11.3. The highest BCUT2D eigenvalue weighted by atomic mass is 16.5. The minimum absolute atomic E-state index is 0.0196. The summed E-state index contributed by atoms with van der Waals surface area (Å²) in [7, 11) is 2.06. The quantitative estimate of drug-likeness (QED) is 0.406. The molecule has 7 heteroatoms. The Morgan fingerprint density at radius 2 is 1.97 bits per heavy atom. The second-order valence-corrected chi connectivity index (χ2v) is 9.57. The number of ether oxygens (including phenoxy) is 1. The van der Waals surface area contributed by atoms with E-state index in [4.69, 9.17) is 4.74 Å². The molecule has 188 valence electrons. The van der Waals surface area contributed by atoms with Crippen LogP contribution in [0.5, 0.6) is 5.75 Å². The first kappa shape index (κ1) is 25.3. The van der Waals surface area contributed by atoms with Crippen LogP contribution in [0.2, 0.25) is 0 Å². The molecular formula is C29H34N4O3. The largest absolute Gasteiger partial charge is 0.489 e. The van der Waals surface area contributed by atoms with Gasteiger partial charge in [0.15, 0.2) is 0 Å². The smallest absolute Gasteiger partial charge is 0.304 e. The fourth-order valence-corrected chi connectivity index (χ4v) is 4.55. The van der Waals surface area contributed by atoms with Gasteiger partial charge in [-0.1, -0.05) is 50.1 Å². The lowest BCUT2D eigenvalue weighted by molar-refractivity contribution is -0.137. The van der Waals surface area contributed by atoms with Crippen molar-refractivity contribution >= 4 is 16.9 Å². The zero-order valence-electron chi connectivity index (χ0n) is 21.4. The van der Waals surface area contributed by atoms with E-state index in [2.05, 4.69) is 76.9 Å². The minimum Gasteiger partial charge on any atom is -0.489 e. The van der Waals surface area contributed by atoms with Crippen LogP contribution in [0.4, 0.5) is 0 Å². The molecule has 0 aliphatic carbocycles. The van der Waals surface area contributed by atoms with Crippen molar-refractivity contribution < 1.29 is 14.6 Å². The van der Waals surface area contributed by atoms with E-state index in [0.29, 0.717) is 12.5 Å². The minimum atomic E-state index is -0.860. The van der Waals surface area contributed by atoms with Crippen molar-refractivity contribution in [3.63, 3.8) is 0 Å². The molecule has 0 fully saturated rings. The van der Waals surface area contributed by atoms with Crippen molar-refractivity contribution in [1.82, 2.24) is 19.8 Å². The van der Waals surface area contributed by atoms with Crippen LogP contribution in [0.15, 0.2) is 54.9 Å². The lowest BCUT2D eigenvalue weighted by Gasteiger charge is -2.27. The number of fused-ring (bicyclic) bond motifs is 1. The highest BCUT2D eigenvalue weighted by Crippen LogP contribution is 2.28. The maximum absolute atomic E-state index is 11.2. The van der Waals surface area contributed by atoms with Crippen molar-refractivity contribution in [1.29, 1.82) is 0 Å². The van der Waals surface area contributed by atoms with Crippen LogP contribution in [-0.2, 0) is 24.5 Å². The normalized spacial score (nSPS) is 14.3. The number of aliphatic carboxylic acids is 1. The summed E-state index contributed by atoms with van der Waals surface area (Å²) < 4.78 is 8.34. The van der Waals surface area contributed by atoms with Crippen LogP contribution in [-0.4, -0.2) is 44.5 Å². The highest BCUT2D eigenvalue weighted by Gasteiger charge is 2.20. The van der Waals surface area contributed by atoms with Crippen molar-refractivity contribution in [2.75, 3.05) is 13.6 Å². The lowest BCUT2D eigenvalue weighted by Crippen LogP contribution is -2.32. The SMILES string of the molecule is CC#C[C@@H](CC(=O)O)c1ccc(OCc2ccc3cnn(CC(C)C)c3c2CN2CC=CN2C)cc1. The van der Waals surface area contributed by atoms with Gasteiger partial charge in [-0.2, -0.15) is 5.10 Å². The molecule has 2 aromatic carbocycles. The first-order valence-corrected chi connectivity index (χ1v) is 12.3. The number of carbonyl (C=O) groups is 1. The molecule has 1 aromatic heterocycles. The van der Waals surface area contributed by atoms with E-state index in [-0.39, 0.29) is 12.3 Å². The summed E-state index contributed by atoms with van der Waals surface area (Å²) in [6.45, 7) is 9.04. The van der Waals surface area contributed by atoms with E-state index in [0.717, 1.165) is 47.4 Å². The Hall–Kier alpha value is -3.76. The van der Waals surface area contributed by atoms with Crippen molar-refractivity contribution in [3.05, 3.63) is 71.6 Å². The number of aromatic nitrogens is 2. The summed E-state index contributed by atoms with van der Waals surface area (Å²) in [6.07, 6.45) is 6.17. The maximum Gasteiger partial charge on any atom is 0.304 e. The third-order valence-electron chi connectivity index (χ3n) is 6.34. The van der Waals surface area contributed by atoms with Crippen LogP contribution in [0.1, 0.15) is 49.8 Å². The fraction of sp³-hybridized carbons (Fsp3) is 0.379. The predicted octanol–water partition coefficient (Wildman–Crippen LogP) is 5.03. The molecule has 0 saturated heterocycles. The Labute approximate surface area is 212 Å². The Balaban J connectivity index is 1.59. The topological polar surface area (TPSA) is 70.8 Å². The first-order valence-electron chi connectivity index (χ1n) is 12.3. The van der Waals surface area contributed by atoms with Gasteiger partial charge >= 0.3 is 5.97 Å².